The van der Waals surface area contributed by atoms with E-state index in [1.807, 2.05) is 11.8 Å². The highest BCUT2D eigenvalue weighted by Crippen LogP contribution is 2.34. The van der Waals surface area contributed by atoms with E-state index in [9.17, 15) is 0 Å². The molecule has 1 aromatic carbocycles. The Morgan fingerprint density at radius 3 is 2.75 bits per heavy atom. The van der Waals surface area contributed by atoms with Crippen molar-refractivity contribution < 1.29 is 0 Å². The van der Waals surface area contributed by atoms with Gasteiger partial charge in [-0.15, -0.1) is 11.8 Å². The van der Waals surface area contributed by atoms with Crippen LogP contribution in [0, 0.1) is 5.92 Å². The van der Waals surface area contributed by atoms with Crippen molar-refractivity contribution >= 4 is 17.4 Å². The minimum atomic E-state index is 0.589. The first-order valence-corrected chi connectivity index (χ1v) is 9.04. The number of piperidine rings is 1. The summed E-state index contributed by atoms with van der Waals surface area (Å²) < 4.78 is 0. The Morgan fingerprint density at radius 2 is 2.05 bits per heavy atom. The number of hydrogen-bond donors (Lipinski definition) is 1. The van der Waals surface area contributed by atoms with E-state index >= 15 is 0 Å². The molecule has 1 aromatic rings. The molecule has 2 rings (SSSR count). The third kappa shape index (κ3) is 3.32. The molecule has 0 aromatic heterocycles. The first-order chi connectivity index (χ1) is 9.69. The molecule has 0 saturated carbocycles. The summed E-state index contributed by atoms with van der Waals surface area (Å²) in [6.07, 6.45) is 4.63. The zero-order valence-electron chi connectivity index (χ0n) is 13.2. The molecule has 1 saturated heterocycles. The van der Waals surface area contributed by atoms with Gasteiger partial charge >= 0.3 is 0 Å². The van der Waals surface area contributed by atoms with Crippen LogP contribution in [0.4, 0.5) is 5.69 Å². The van der Waals surface area contributed by atoms with Crippen molar-refractivity contribution in [2.24, 2.45) is 5.92 Å². The number of anilines is 1. The molecule has 0 bridgehead atoms. The zero-order chi connectivity index (χ0) is 14.5. The third-order valence-corrected chi connectivity index (χ3v) is 5.40. The molecule has 0 spiro atoms. The van der Waals surface area contributed by atoms with Crippen LogP contribution in [0.5, 0.6) is 0 Å². The standard InChI is InChI=1S/C17H28N2S/c1-5-11-18-15-10-12-19(14(3)13(15)2)16-8-6-7-9-17(16)20-4/h6-9,13-15,18H,5,10-12H2,1-4H3. The van der Waals surface area contributed by atoms with E-state index in [0.717, 1.165) is 13.1 Å². The first kappa shape index (κ1) is 15.7. The molecule has 0 aliphatic carbocycles. The molecule has 2 nitrogen and oxygen atoms in total. The lowest BCUT2D eigenvalue weighted by Gasteiger charge is -2.45. The van der Waals surface area contributed by atoms with Gasteiger partial charge in [-0.25, -0.2) is 0 Å². The van der Waals surface area contributed by atoms with Crippen molar-refractivity contribution in [2.75, 3.05) is 24.2 Å². The van der Waals surface area contributed by atoms with E-state index in [1.54, 1.807) is 0 Å². The lowest BCUT2D eigenvalue weighted by Crippen LogP contribution is -2.53. The topological polar surface area (TPSA) is 15.3 Å². The molecule has 3 atom stereocenters. The van der Waals surface area contributed by atoms with E-state index in [1.165, 1.54) is 23.4 Å². The quantitative estimate of drug-likeness (QED) is 0.826. The Morgan fingerprint density at radius 1 is 1.30 bits per heavy atom. The van der Waals surface area contributed by atoms with Crippen LogP contribution in [0.25, 0.3) is 0 Å². The molecule has 1 heterocycles. The summed E-state index contributed by atoms with van der Waals surface area (Å²) in [4.78, 5) is 3.99. The molecule has 3 unspecified atom stereocenters. The van der Waals surface area contributed by atoms with Gasteiger partial charge < -0.3 is 10.2 Å². The van der Waals surface area contributed by atoms with Crippen molar-refractivity contribution in [2.45, 2.75) is 50.6 Å². The molecule has 1 N–H and O–H groups in total. The lowest BCUT2D eigenvalue weighted by molar-refractivity contribution is 0.270. The number of nitrogens with one attached hydrogen (secondary N) is 1. The summed E-state index contributed by atoms with van der Waals surface area (Å²) in [5.74, 6) is 0.685. The van der Waals surface area contributed by atoms with Gasteiger partial charge in [0.15, 0.2) is 0 Å². The van der Waals surface area contributed by atoms with E-state index in [-0.39, 0.29) is 0 Å². The second kappa shape index (κ2) is 7.37. The summed E-state index contributed by atoms with van der Waals surface area (Å²) in [6, 6.07) is 10.1. The minimum absolute atomic E-state index is 0.589. The highest BCUT2D eigenvalue weighted by molar-refractivity contribution is 7.98. The van der Waals surface area contributed by atoms with Crippen LogP contribution in [0.15, 0.2) is 29.2 Å². The van der Waals surface area contributed by atoms with Crippen LogP contribution in [0.1, 0.15) is 33.6 Å². The summed E-state index contributed by atoms with van der Waals surface area (Å²) in [7, 11) is 0. The summed E-state index contributed by atoms with van der Waals surface area (Å²) >= 11 is 1.85. The lowest BCUT2D eigenvalue weighted by atomic mass is 9.86. The van der Waals surface area contributed by atoms with E-state index < -0.39 is 0 Å². The third-order valence-electron chi connectivity index (χ3n) is 4.62. The maximum Gasteiger partial charge on any atom is 0.0506 e. The predicted molar refractivity (Wildman–Crippen MR) is 90.9 cm³/mol. The number of para-hydroxylation sites is 1. The maximum atomic E-state index is 3.72. The van der Waals surface area contributed by atoms with Crippen molar-refractivity contribution in [3.05, 3.63) is 24.3 Å². The Balaban J connectivity index is 2.12. The second-order valence-electron chi connectivity index (χ2n) is 5.81. The van der Waals surface area contributed by atoms with E-state index in [2.05, 4.69) is 61.5 Å². The van der Waals surface area contributed by atoms with Crippen LogP contribution in [-0.2, 0) is 0 Å². The van der Waals surface area contributed by atoms with Gasteiger partial charge in [-0.3, -0.25) is 0 Å². The zero-order valence-corrected chi connectivity index (χ0v) is 14.0. The second-order valence-corrected chi connectivity index (χ2v) is 6.66. The van der Waals surface area contributed by atoms with Crippen LogP contribution >= 0.6 is 11.8 Å². The number of nitrogens with zero attached hydrogens (tertiary/aromatic N) is 1. The van der Waals surface area contributed by atoms with Crippen molar-refractivity contribution in [3.63, 3.8) is 0 Å². The highest BCUT2D eigenvalue weighted by Gasteiger charge is 2.32. The van der Waals surface area contributed by atoms with Crippen LogP contribution in [0.2, 0.25) is 0 Å². The summed E-state index contributed by atoms with van der Waals surface area (Å²) in [5, 5.41) is 3.72. The molecule has 20 heavy (non-hydrogen) atoms. The van der Waals surface area contributed by atoms with Crippen LogP contribution in [-0.4, -0.2) is 31.4 Å². The van der Waals surface area contributed by atoms with Gasteiger partial charge in [-0.1, -0.05) is 26.0 Å². The maximum absolute atomic E-state index is 3.72. The monoisotopic (exact) mass is 292 g/mol. The average Bonchev–Trinajstić information content (AvgIpc) is 2.49. The number of rotatable bonds is 5. The molecular formula is C17H28N2S. The number of hydrogen-bond acceptors (Lipinski definition) is 3. The fraction of sp³-hybridized carbons (Fsp3) is 0.647. The molecule has 1 aliphatic heterocycles. The van der Waals surface area contributed by atoms with Gasteiger partial charge in [0.05, 0.1) is 5.69 Å². The highest BCUT2D eigenvalue weighted by atomic mass is 32.2. The Labute approximate surface area is 128 Å². The van der Waals surface area contributed by atoms with Gasteiger partial charge in [0.2, 0.25) is 0 Å². The van der Waals surface area contributed by atoms with Crippen molar-refractivity contribution in [1.29, 1.82) is 0 Å². The molecular weight excluding hydrogens is 264 g/mol. The Kier molecular flexibility index (Phi) is 5.79. The van der Waals surface area contributed by atoms with Crippen LogP contribution in [0.3, 0.4) is 0 Å². The molecule has 112 valence electrons. The summed E-state index contributed by atoms with van der Waals surface area (Å²) in [5.41, 5.74) is 1.41. The fourth-order valence-electron chi connectivity index (χ4n) is 3.19. The average molecular weight is 292 g/mol. The summed E-state index contributed by atoms with van der Waals surface area (Å²) in [6.45, 7) is 9.31. The molecule has 1 fully saturated rings. The molecule has 0 radical (unpaired) electrons. The Hall–Kier alpha value is -0.670. The molecule has 1 aliphatic rings. The fourth-order valence-corrected chi connectivity index (χ4v) is 3.80. The van der Waals surface area contributed by atoms with Gasteiger partial charge in [0, 0.05) is 23.5 Å². The number of benzene rings is 1. The number of thioether (sulfide) groups is 1. The van der Waals surface area contributed by atoms with Crippen molar-refractivity contribution in [1.82, 2.24) is 5.32 Å². The Bertz CT molecular complexity index is 421. The van der Waals surface area contributed by atoms with Gasteiger partial charge in [0.25, 0.3) is 0 Å². The molecule has 0 amide bonds. The van der Waals surface area contributed by atoms with Gasteiger partial charge in [-0.2, -0.15) is 0 Å². The predicted octanol–water partition coefficient (Wildman–Crippen LogP) is 4.01. The van der Waals surface area contributed by atoms with Crippen LogP contribution < -0.4 is 10.2 Å². The van der Waals surface area contributed by atoms with E-state index in [4.69, 9.17) is 0 Å². The SMILES string of the molecule is CCCNC1CCN(c2ccccc2SC)C(C)C1C. The van der Waals surface area contributed by atoms with Gasteiger partial charge in [0.1, 0.15) is 0 Å². The van der Waals surface area contributed by atoms with Gasteiger partial charge in [-0.05, 0) is 50.6 Å². The van der Waals surface area contributed by atoms with E-state index in [0.29, 0.717) is 18.0 Å². The largest absolute Gasteiger partial charge is 0.368 e. The minimum Gasteiger partial charge on any atom is -0.368 e. The van der Waals surface area contributed by atoms with Crippen molar-refractivity contribution in [3.8, 4) is 0 Å². The smallest absolute Gasteiger partial charge is 0.0506 e. The normalized spacial score (nSPS) is 26.8. The molecule has 3 heteroatoms. The first-order valence-electron chi connectivity index (χ1n) is 7.82.